The number of hydrogen-bond acceptors (Lipinski definition) is 5. The molecule has 2 aromatic rings. The van der Waals surface area contributed by atoms with E-state index in [1.54, 1.807) is 13.2 Å². The smallest absolute Gasteiger partial charge is 0.319 e. The van der Waals surface area contributed by atoms with E-state index in [1.165, 1.54) is 10.7 Å². The maximum atomic E-state index is 14.7. The van der Waals surface area contributed by atoms with Crippen molar-refractivity contribution < 1.29 is 14.0 Å². The summed E-state index contributed by atoms with van der Waals surface area (Å²) in [6.45, 7) is 4.58. The minimum Gasteiger partial charge on any atom is -0.371 e. The van der Waals surface area contributed by atoms with E-state index < -0.39 is 17.8 Å². The summed E-state index contributed by atoms with van der Waals surface area (Å²) in [5.74, 6) is -1.62. The molecule has 0 unspecified atom stereocenters. The van der Waals surface area contributed by atoms with Crippen molar-refractivity contribution in [3.05, 3.63) is 23.6 Å². The van der Waals surface area contributed by atoms with Crippen molar-refractivity contribution in [3.63, 3.8) is 0 Å². The fourth-order valence-electron chi connectivity index (χ4n) is 3.51. The van der Waals surface area contributed by atoms with Crippen molar-refractivity contribution >= 4 is 28.5 Å². The van der Waals surface area contributed by atoms with Gasteiger partial charge >= 0.3 is 6.03 Å². The lowest BCUT2D eigenvalue weighted by Gasteiger charge is -2.34. The fraction of sp³-hybridized carbons (Fsp3) is 0.471. The van der Waals surface area contributed by atoms with E-state index in [4.69, 9.17) is 5.73 Å². The summed E-state index contributed by atoms with van der Waals surface area (Å²) in [5.41, 5.74) is 5.63. The summed E-state index contributed by atoms with van der Waals surface area (Å²) < 4.78 is 16.3. The molecule has 8 nitrogen and oxygen atoms in total. The van der Waals surface area contributed by atoms with Crippen molar-refractivity contribution in [3.8, 4) is 0 Å². The molecule has 2 heterocycles. The molecule has 1 aliphatic rings. The second-order valence-corrected chi connectivity index (χ2v) is 6.45. The number of imide groups is 1. The minimum atomic E-state index is -1.03. The Labute approximate surface area is 150 Å². The normalized spacial score (nSPS) is 15.4. The third-order valence-electron chi connectivity index (χ3n) is 4.64. The Bertz CT molecular complexity index is 841. The average Bonchev–Trinajstić information content (AvgIpc) is 2.95. The van der Waals surface area contributed by atoms with E-state index in [0.717, 1.165) is 32.5 Å². The lowest BCUT2D eigenvalue weighted by Crippen LogP contribution is -2.42. The molecule has 1 fully saturated rings. The number of carbonyl (C=O) groups excluding carboxylic acids is 2. The Morgan fingerprint density at radius 1 is 1.38 bits per heavy atom. The highest BCUT2D eigenvalue weighted by Crippen LogP contribution is 2.32. The number of piperidine rings is 1. The summed E-state index contributed by atoms with van der Waals surface area (Å²) in [7, 11) is 1.70. The van der Waals surface area contributed by atoms with Crippen molar-refractivity contribution in [1.82, 2.24) is 20.4 Å². The van der Waals surface area contributed by atoms with E-state index in [9.17, 15) is 14.0 Å². The van der Waals surface area contributed by atoms with Gasteiger partial charge in [0.1, 0.15) is 16.9 Å². The van der Waals surface area contributed by atoms with E-state index >= 15 is 0 Å². The predicted octanol–water partition coefficient (Wildman–Crippen LogP) is 1.10. The summed E-state index contributed by atoms with van der Waals surface area (Å²) in [6, 6.07) is 0.771. The minimum absolute atomic E-state index is 0.218. The molecule has 0 atom stereocenters. The van der Waals surface area contributed by atoms with Gasteiger partial charge in [-0.2, -0.15) is 5.10 Å². The van der Waals surface area contributed by atoms with Crippen LogP contribution in [0, 0.1) is 5.82 Å². The highest BCUT2D eigenvalue weighted by atomic mass is 19.1. The molecule has 0 bridgehead atoms. The van der Waals surface area contributed by atoms with Crippen LogP contribution >= 0.6 is 0 Å². The summed E-state index contributed by atoms with van der Waals surface area (Å²) in [4.78, 5) is 25.2. The average molecular weight is 362 g/mol. The van der Waals surface area contributed by atoms with Gasteiger partial charge in [-0.15, -0.1) is 0 Å². The van der Waals surface area contributed by atoms with Gasteiger partial charge < -0.3 is 16.0 Å². The number of carbonyl (C=O) groups is 2. The number of nitrogens with two attached hydrogens (primary N) is 1. The molecule has 1 saturated heterocycles. The molecule has 9 heteroatoms. The second-order valence-electron chi connectivity index (χ2n) is 6.45. The fourth-order valence-corrected chi connectivity index (χ4v) is 3.51. The number of nitrogens with one attached hydrogen (secondary N) is 2. The zero-order valence-corrected chi connectivity index (χ0v) is 14.9. The van der Waals surface area contributed by atoms with Crippen LogP contribution in [-0.4, -0.2) is 47.4 Å². The third kappa shape index (κ3) is 3.48. The number of benzene rings is 1. The van der Waals surface area contributed by atoms with Gasteiger partial charge in [0.2, 0.25) is 0 Å². The Hall–Kier alpha value is -2.68. The molecule has 3 amide bonds. The van der Waals surface area contributed by atoms with Crippen LogP contribution in [0.1, 0.15) is 30.1 Å². The molecular formula is C17H23FN6O2. The first-order valence-electron chi connectivity index (χ1n) is 8.65. The maximum Gasteiger partial charge on any atom is 0.319 e. The van der Waals surface area contributed by atoms with Gasteiger partial charge in [0.05, 0.1) is 5.69 Å². The van der Waals surface area contributed by atoms with Crippen LogP contribution < -0.4 is 21.3 Å². The topological polar surface area (TPSA) is 105 Å². The number of rotatable bonds is 4. The van der Waals surface area contributed by atoms with Crippen molar-refractivity contribution in [2.45, 2.75) is 25.8 Å². The van der Waals surface area contributed by atoms with E-state index in [2.05, 4.69) is 22.2 Å². The SMILES string of the molecule is CCNC1CCN(c2cc(F)c(C(=O)NC(N)=O)c3nn(C)cc23)CC1. The van der Waals surface area contributed by atoms with Crippen LogP contribution in [-0.2, 0) is 7.05 Å². The molecular weight excluding hydrogens is 339 g/mol. The van der Waals surface area contributed by atoms with Crippen LogP contribution in [0.15, 0.2) is 12.3 Å². The molecule has 3 rings (SSSR count). The second kappa shape index (κ2) is 7.28. The number of fused-ring (bicyclic) bond motifs is 1. The number of nitrogens with zero attached hydrogens (tertiary/aromatic N) is 3. The first-order chi connectivity index (χ1) is 12.4. The molecule has 0 spiro atoms. The number of primary amides is 1. The molecule has 1 aliphatic heterocycles. The Morgan fingerprint density at radius 2 is 2.08 bits per heavy atom. The summed E-state index contributed by atoms with van der Waals surface area (Å²) >= 11 is 0. The molecule has 1 aromatic heterocycles. The van der Waals surface area contributed by atoms with Crippen molar-refractivity contribution in [2.75, 3.05) is 24.5 Å². The monoisotopic (exact) mass is 362 g/mol. The van der Waals surface area contributed by atoms with Crippen molar-refractivity contribution in [1.29, 1.82) is 0 Å². The molecule has 140 valence electrons. The van der Waals surface area contributed by atoms with E-state index in [1.807, 2.05) is 5.32 Å². The van der Waals surface area contributed by atoms with E-state index in [-0.39, 0.29) is 11.1 Å². The number of aryl methyl sites for hydroxylation is 1. The van der Waals surface area contributed by atoms with Crippen LogP contribution in [0.5, 0.6) is 0 Å². The number of urea groups is 1. The Morgan fingerprint density at radius 3 is 2.69 bits per heavy atom. The van der Waals surface area contributed by atoms with E-state index in [0.29, 0.717) is 17.1 Å². The first kappa shape index (κ1) is 18.1. The summed E-state index contributed by atoms with van der Waals surface area (Å²) in [5, 5.41) is 10.2. The van der Waals surface area contributed by atoms with Crippen LogP contribution in [0.2, 0.25) is 0 Å². The van der Waals surface area contributed by atoms with Crippen LogP contribution in [0.25, 0.3) is 10.9 Å². The van der Waals surface area contributed by atoms with Gasteiger partial charge in [0.25, 0.3) is 5.91 Å². The quantitative estimate of drug-likeness (QED) is 0.755. The molecule has 0 saturated carbocycles. The molecule has 0 radical (unpaired) electrons. The zero-order valence-electron chi connectivity index (χ0n) is 14.9. The number of amides is 3. The first-order valence-corrected chi connectivity index (χ1v) is 8.65. The summed E-state index contributed by atoms with van der Waals surface area (Å²) in [6.07, 6.45) is 3.67. The zero-order chi connectivity index (χ0) is 18.8. The number of halogens is 1. The molecule has 4 N–H and O–H groups in total. The Kier molecular flexibility index (Phi) is 5.08. The van der Waals surface area contributed by atoms with Gasteiger partial charge in [-0.1, -0.05) is 6.92 Å². The lowest BCUT2D eigenvalue weighted by molar-refractivity contribution is 0.0964. The van der Waals surface area contributed by atoms with Gasteiger partial charge in [-0.05, 0) is 25.5 Å². The third-order valence-corrected chi connectivity index (χ3v) is 4.64. The number of hydrogen-bond donors (Lipinski definition) is 3. The standard InChI is InChI=1S/C17H23FN6O2/c1-3-20-10-4-6-24(7-5-10)13-8-12(18)14(16(25)21-17(19)26)15-11(13)9-23(2)22-15/h8-10,20H,3-7H2,1-2H3,(H3,19,21,25,26). The van der Waals surface area contributed by atoms with Gasteiger partial charge in [0, 0.05) is 37.8 Å². The highest BCUT2D eigenvalue weighted by molar-refractivity contribution is 6.13. The Balaban J connectivity index is 1.98. The number of anilines is 1. The van der Waals surface area contributed by atoms with Crippen LogP contribution in [0.3, 0.4) is 0 Å². The molecule has 1 aromatic carbocycles. The van der Waals surface area contributed by atoms with Gasteiger partial charge in [0.15, 0.2) is 0 Å². The predicted molar refractivity (Wildman–Crippen MR) is 96.6 cm³/mol. The molecule has 26 heavy (non-hydrogen) atoms. The van der Waals surface area contributed by atoms with Crippen LogP contribution in [0.4, 0.5) is 14.9 Å². The highest BCUT2D eigenvalue weighted by Gasteiger charge is 2.26. The molecule has 0 aliphatic carbocycles. The van der Waals surface area contributed by atoms with Crippen molar-refractivity contribution in [2.24, 2.45) is 12.8 Å². The number of aromatic nitrogens is 2. The van der Waals surface area contributed by atoms with Gasteiger partial charge in [-0.3, -0.25) is 14.8 Å². The lowest BCUT2D eigenvalue weighted by atomic mass is 10.0. The maximum absolute atomic E-state index is 14.7. The van der Waals surface area contributed by atoms with Gasteiger partial charge in [-0.25, -0.2) is 9.18 Å². The largest absolute Gasteiger partial charge is 0.371 e.